The van der Waals surface area contributed by atoms with Gasteiger partial charge in [-0.15, -0.1) is 0 Å². The van der Waals surface area contributed by atoms with Gasteiger partial charge in [0.15, 0.2) is 5.58 Å². The fourth-order valence-corrected chi connectivity index (χ4v) is 3.21. The number of oxazole rings is 1. The largest absolute Gasteiger partial charge is 0.436 e. The highest BCUT2D eigenvalue weighted by Gasteiger charge is 2.10. The van der Waals surface area contributed by atoms with Crippen molar-refractivity contribution in [3.63, 3.8) is 0 Å². The Morgan fingerprint density at radius 2 is 1.68 bits per heavy atom. The molecule has 0 saturated heterocycles. The van der Waals surface area contributed by atoms with Crippen LogP contribution in [0.25, 0.3) is 33.7 Å². The van der Waals surface area contributed by atoms with Crippen molar-refractivity contribution in [2.45, 2.75) is 6.54 Å². The van der Waals surface area contributed by atoms with Crippen LogP contribution in [0.2, 0.25) is 0 Å². The maximum atomic E-state index is 6.09. The molecule has 0 aliphatic heterocycles. The summed E-state index contributed by atoms with van der Waals surface area (Å²) >= 11 is 0. The molecule has 0 aliphatic carbocycles. The summed E-state index contributed by atoms with van der Waals surface area (Å²) in [6, 6.07) is 24.9. The lowest BCUT2D eigenvalue weighted by molar-refractivity contribution is 0.400. The molecule has 0 atom stereocenters. The normalized spacial score (nSPS) is 11.4. The van der Waals surface area contributed by atoms with Crippen LogP contribution in [0.15, 0.2) is 77.2 Å². The highest BCUT2D eigenvalue weighted by atomic mass is 16.3. The topological polar surface area (TPSA) is 41.3 Å². The highest BCUT2D eigenvalue weighted by Crippen LogP contribution is 2.28. The van der Waals surface area contributed by atoms with Crippen LogP contribution in [0.4, 0.5) is 0 Å². The van der Waals surface area contributed by atoms with Crippen molar-refractivity contribution in [1.29, 1.82) is 0 Å². The van der Waals surface area contributed by atoms with Gasteiger partial charge in [-0.05, 0) is 55.1 Å². The van der Waals surface area contributed by atoms with E-state index in [1.165, 1.54) is 11.1 Å². The Hall–Kier alpha value is -2.95. The lowest BCUT2D eigenvalue weighted by atomic mass is 10.1. The molecule has 142 valence electrons. The second kappa shape index (κ2) is 8.38. The number of hydrogen-bond donors (Lipinski definition) is 1. The minimum absolute atomic E-state index is 0.662. The molecule has 0 bridgehead atoms. The third kappa shape index (κ3) is 4.30. The SMILES string of the molecule is CN(C)CCNCc1cccc(-c2nc3ccc(-c4ccccc4)cc3o2)c1. The lowest BCUT2D eigenvalue weighted by Crippen LogP contribution is -2.26. The van der Waals surface area contributed by atoms with Gasteiger partial charge < -0.3 is 14.6 Å². The number of nitrogens with one attached hydrogen (secondary N) is 1. The summed E-state index contributed by atoms with van der Waals surface area (Å²) in [4.78, 5) is 6.86. The molecular formula is C24H25N3O. The zero-order valence-corrected chi connectivity index (χ0v) is 16.4. The molecule has 0 unspecified atom stereocenters. The molecule has 0 saturated carbocycles. The van der Waals surface area contributed by atoms with E-state index in [1.807, 2.05) is 30.3 Å². The molecule has 0 spiro atoms. The summed E-state index contributed by atoms with van der Waals surface area (Å²) in [5.41, 5.74) is 6.23. The van der Waals surface area contributed by atoms with Gasteiger partial charge in [0.2, 0.25) is 5.89 Å². The number of nitrogens with zero attached hydrogens (tertiary/aromatic N) is 2. The predicted molar refractivity (Wildman–Crippen MR) is 115 cm³/mol. The Balaban J connectivity index is 1.55. The van der Waals surface area contributed by atoms with Crippen molar-refractivity contribution >= 4 is 11.1 Å². The molecule has 0 amide bonds. The van der Waals surface area contributed by atoms with Crippen LogP contribution in [-0.4, -0.2) is 37.1 Å². The molecule has 1 aromatic heterocycles. The summed E-state index contributed by atoms with van der Waals surface area (Å²) in [5, 5.41) is 3.47. The van der Waals surface area contributed by atoms with Crippen molar-refractivity contribution in [1.82, 2.24) is 15.2 Å². The summed E-state index contributed by atoms with van der Waals surface area (Å²) in [7, 11) is 4.16. The lowest BCUT2D eigenvalue weighted by Gasteiger charge is -2.10. The summed E-state index contributed by atoms with van der Waals surface area (Å²) in [6.07, 6.45) is 0. The van der Waals surface area contributed by atoms with Crippen LogP contribution in [0.3, 0.4) is 0 Å². The van der Waals surface area contributed by atoms with Crippen LogP contribution in [-0.2, 0) is 6.54 Å². The van der Waals surface area contributed by atoms with Gasteiger partial charge in [-0.3, -0.25) is 0 Å². The first kappa shape index (κ1) is 18.4. The molecule has 3 aromatic carbocycles. The molecule has 4 nitrogen and oxygen atoms in total. The number of likely N-dealkylation sites (N-methyl/N-ethyl adjacent to an activating group) is 1. The Kier molecular flexibility index (Phi) is 5.51. The van der Waals surface area contributed by atoms with E-state index < -0.39 is 0 Å². The van der Waals surface area contributed by atoms with Gasteiger partial charge in [0.1, 0.15) is 5.52 Å². The first-order chi connectivity index (χ1) is 13.7. The number of benzene rings is 3. The first-order valence-electron chi connectivity index (χ1n) is 9.60. The first-order valence-corrected chi connectivity index (χ1v) is 9.60. The van der Waals surface area contributed by atoms with E-state index in [1.54, 1.807) is 0 Å². The van der Waals surface area contributed by atoms with Gasteiger partial charge in [0, 0.05) is 25.2 Å². The third-order valence-electron chi connectivity index (χ3n) is 4.73. The van der Waals surface area contributed by atoms with Gasteiger partial charge in [0.05, 0.1) is 0 Å². The Morgan fingerprint density at radius 3 is 2.50 bits per heavy atom. The average Bonchev–Trinajstić information content (AvgIpc) is 3.15. The van der Waals surface area contributed by atoms with Gasteiger partial charge in [0.25, 0.3) is 0 Å². The second-order valence-corrected chi connectivity index (χ2v) is 7.25. The zero-order valence-electron chi connectivity index (χ0n) is 16.4. The predicted octanol–water partition coefficient (Wildman–Crippen LogP) is 4.81. The van der Waals surface area contributed by atoms with Crippen molar-refractivity contribution in [3.05, 3.63) is 78.4 Å². The van der Waals surface area contributed by atoms with Crippen molar-refractivity contribution in [2.75, 3.05) is 27.2 Å². The minimum Gasteiger partial charge on any atom is -0.436 e. The van der Waals surface area contributed by atoms with Crippen molar-refractivity contribution in [2.24, 2.45) is 0 Å². The summed E-state index contributed by atoms with van der Waals surface area (Å²) in [6.45, 7) is 2.82. The molecule has 0 radical (unpaired) electrons. The zero-order chi connectivity index (χ0) is 19.3. The smallest absolute Gasteiger partial charge is 0.227 e. The van der Waals surface area contributed by atoms with E-state index in [0.29, 0.717) is 5.89 Å². The van der Waals surface area contributed by atoms with Gasteiger partial charge in [-0.25, -0.2) is 4.98 Å². The van der Waals surface area contributed by atoms with Gasteiger partial charge >= 0.3 is 0 Å². The fourth-order valence-electron chi connectivity index (χ4n) is 3.21. The molecule has 4 rings (SSSR count). The molecule has 0 aliphatic rings. The van der Waals surface area contributed by atoms with E-state index in [-0.39, 0.29) is 0 Å². The number of rotatable bonds is 7. The van der Waals surface area contributed by atoms with Crippen LogP contribution >= 0.6 is 0 Å². The monoisotopic (exact) mass is 371 g/mol. The van der Waals surface area contributed by atoms with E-state index in [0.717, 1.165) is 41.9 Å². The van der Waals surface area contributed by atoms with Gasteiger partial charge in [-0.1, -0.05) is 48.5 Å². The Labute approximate surface area is 165 Å². The van der Waals surface area contributed by atoms with E-state index in [9.17, 15) is 0 Å². The maximum absolute atomic E-state index is 6.09. The second-order valence-electron chi connectivity index (χ2n) is 7.25. The number of aromatic nitrogens is 1. The minimum atomic E-state index is 0.662. The Bertz CT molecular complexity index is 1050. The van der Waals surface area contributed by atoms with Crippen molar-refractivity contribution in [3.8, 4) is 22.6 Å². The van der Waals surface area contributed by atoms with Crippen LogP contribution in [0.5, 0.6) is 0 Å². The fraction of sp³-hybridized carbons (Fsp3) is 0.208. The van der Waals surface area contributed by atoms with Gasteiger partial charge in [-0.2, -0.15) is 0 Å². The van der Waals surface area contributed by atoms with E-state index >= 15 is 0 Å². The van der Waals surface area contributed by atoms with E-state index in [4.69, 9.17) is 4.42 Å². The average molecular weight is 371 g/mol. The summed E-state index contributed by atoms with van der Waals surface area (Å²) in [5.74, 6) is 0.662. The van der Waals surface area contributed by atoms with Crippen molar-refractivity contribution < 1.29 is 4.42 Å². The molecule has 0 fully saturated rings. The number of hydrogen-bond acceptors (Lipinski definition) is 4. The number of fused-ring (bicyclic) bond motifs is 1. The Morgan fingerprint density at radius 1 is 0.857 bits per heavy atom. The molecule has 1 N–H and O–H groups in total. The molecule has 4 heteroatoms. The van der Waals surface area contributed by atoms with Crippen LogP contribution < -0.4 is 5.32 Å². The van der Waals surface area contributed by atoms with Crippen LogP contribution in [0.1, 0.15) is 5.56 Å². The maximum Gasteiger partial charge on any atom is 0.227 e. The third-order valence-corrected chi connectivity index (χ3v) is 4.73. The highest BCUT2D eigenvalue weighted by molar-refractivity contribution is 5.82. The standard InChI is InChI=1S/C24H25N3O/c1-27(2)14-13-25-17-18-7-6-10-21(15-18)24-26-22-12-11-20(16-23(22)28-24)19-8-4-3-5-9-19/h3-12,15-16,25H,13-14,17H2,1-2H3. The molecule has 1 heterocycles. The quantitative estimate of drug-likeness (QED) is 0.473. The van der Waals surface area contributed by atoms with E-state index in [2.05, 4.69) is 71.8 Å². The van der Waals surface area contributed by atoms with Crippen LogP contribution in [0, 0.1) is 0 Å². The molecule has 4 aromatic rings. The molecular weight excluding hydrogens is 346 g/mol. The summed E-state index contributed by atoms with van der Waals surface area (Å²) < 4.78 is 6.09. The molecule has 28 heavy (non-hydrogen) atoms.